The lowest BCUT2D eigenvalue weighted by molar-refractivity contribution is -0.384. The highest BCUT2D eigenvalue weighted by Gasteiger charge is 2.40. The molecule has 0 unspecified atom stereocenters. The van der Waals surface area contributed by atoms with Gasteiger partial charge in [-0.3, -0.25) is 19.8 Å². The molecule has 2 saturated carbocycles. The number of nitrogens with zero attached hydrogens (tertiary/aromatic N) is 4. The summed E-state index contributed by atoms with van der Waals surface area (Å²) >= 11 is 0. The number of allylic oxidation sites excluding steroid dienone is 1. The van der Waals surface area contributed by atoms with E-state index in [1.54, 1.807) is 31.3 Å². The summed E-state index contributed by atoms with van der Waals surface area (Å²) in [4.78, 5) is 37.0. The van der Waals surface area contributed by atoms with Crippen molar-refractivity contribution < 1.29 is 36.8 Å². The molecule has 14 nitrogen and oxygen atoms in total. The van der Waals surface area contributed by atoms with Crippen LogP contribution in [-0.4, -0.2) is 90.5 Å². The third kappa shape index (κ3) is 10.6. The Balaban J connectivity index is 0.973. The molecule has 338 valence electrons. The lowest BCUT2D eigenvalue weighted by Gasteiger charge is -2.47. The van der Waals surface area contributed by atoms with Gasteiger partial charge < -0.3 is 25.0 Å². The number of amides is 1. The number of rotatable bonds is 16. The predicted molar refractivity (Wildman–Crippen MR) is 237 cm³/mol. The molecule has 0 radical (unpaired) electrons. The zero-order valence-electron chi connectivity index (χ0n) is 35.7. The smallest absolute Gasteiger partial charge is 0.293 e. The SMILES string of the molecule is C[C@]1(O)CC[C@H](CNc2ccc(S(=O)(=O)NC(=O)c3ccc(N4CCN(CC5=C(CCCC(F)F)CC6(CCC6)CC5)CC4)cc3Oc3cnc4[nH]ccc4c3)cc2[N+](=O)[O-])CC1. The largest absolute Gasteiger partial charge is 0.455 e. The molecular formula is C46H57F2N7O7S. The molecule has 0 bridgehead atoms. The van der Waals surface area contributed by atoms with E-state index in [-0.39, 0.29) is 29.3 Å². The molecule has 8 rings (SSSR count). The van der Waals surface area contributed by atoms with Gasteiger partial charge in [0.25, 0.3) is 21.6 Å². The van der Waals surface area contributed by atoms with E-state index in [0.717, 1.165) is 68.9 Å². The number of H-pyrrole nitrogens is 1. The standard InChI is InChI=1S/C46H57F2N7O7S/c1-45(57)16-10-31(11-17-45)28-50-39-9-7-37(26-40(39)55(58)59)63(60,61)52-44(56)38-8-6-35(25-41(38)62-36-24-32-13-19-49-43(32)51-29-36)54-22-20-53(21-23-54)30-34-12-18-46(14-3-15-46)27-33(34)4-2-5-42(47)48/h6-9,13,19,24-26,29,31,42,50,57H,2-5,10-12,14-18,20-23,27-28,30H2,1H3,(H,49,51)(H,52,56)/t31-,45-. The summed E-state index contributed by atoms with van der Waals surface area (Å²) in [6, 6.07) is 12.0. The summed E-state index contributed by atoms with van der Waals surface area (Å²) in [5, 5.41) is 26.3. The highest BCUT2D eigenvalue weighted by Crippen LogP contribution is 2.54. The van der Waals surface area contributed by atoms with Gasteiger partial charge in [0.05, 0.1) is 27.2 Å². The molecular weight excluding hydrogens is 833 g/mol. The predicted octanol–water partition coefficient (Wildman–Crippen LogP) is 8.94. The second kappa shape index (κ2) is 18.5. The lowest BCUT2D eigenvalue weighted by Crippen LogP contribution is -2.47. The van der Waals surface area contributed by atoms with E-state index in [9.17, 15) is 37.2 Å². The van der Waals surface area contributed by atoms with Crippen LogP contribution in [0, 0.1) is 21.4 Å². The number of aliphatic hydroxyl groups is 1. The van der Waals surface area contributed by atoms with Crippen molar-refractivity contribution in [1.29, 1.82) is 0 Å². The quantitative estimate of drug-likeness (QED) is 0.0479. The van der Waals surface area contributed by atoms with Crippen LogP contribution in [0.1, 0.15) is 101 Å². The maximum Gasteiger partial charge on any atom is 0.293 e. The monoisotopic (exact) mass is 889 g/mol. The number of ether oxygens (including phenoxy) is 1. The van der Waals surface area contributed by atoms with Crippen molar-refractivity contribution in [2.45, 2.75) is 107 Å². The molecule has 3 heterocycles. The van der Waals surface area contributed by atoms with E-state index in [0.29, 0.717) is 55.7 Å². The molecule has 3 aliphatic carbocycles. The lowest BCUT2D eigenvalue weighted by atomic mass is 9.59. The summed E-state index contributed by atoms with van der Waals surface area (Å²) in [5.74, 6) is -0.367. The van der Waals surface area contributed by atoms with Crippen molar-refractivity contribution >= 4 is 44.0 Å². The first kappa shape index (κ1) is 44.5. The molecule has 4 aromatic rings. The van der Waals surface area contributed by atoms with Crippen molar-refractivity contribution in [2.24, 2.45) is 11.3 Å². The van der Waals surface area contributed by atoms with Crippen LogP contribution < -0.4 is 19.7 Å². The molecule has 3 fully saturated rings. The number of pyridine rings is 1. The zero-order chi connectivity index (χ0) is 44.4. The second-order valence-corrected chi connectivity index (χ2v) is 20.0. The highest BCUT2D eigenvalue weighted by atomic mass is 32.2. The number of sulfonamides is 1. The normalized spacial score (nSPS) is 21.7. The fourth-order valence-electron chi connectivity index (χ4n) is 9.78. The third-order valence-corrected chi connectivity index (χ3v) is 15.1. The number of piperazine rings is 1. The average molecular weight is 890 g/mol. The van der Waals surface area contributed by atoms with E-state index >= 15 is 0 Å². The Labute approximate surface area is 366 Å². The summed E-state index contributed by atoms with van der Waals surface area (Å²) in [5.41, 5.74) is 3.52. The van der Waals surface area contributed by atoms with Gasteiger partial charge in [0.1, 0.15) is 22.8 Å². The number of carbonyl (C=O) groups is 1. The number of alkyl halides is 2. The number of nitro benzene ring substituents is 1. The van der Waals surface area contributed by atoms with Crippen molar-refractivity contribution in [3.8, 4) is 11.5 Å². The van der Waals surface area contributed by atoms with Gasteiger partial charge in [0.2, 0.25) is 6.43 Å². The molecule has 2 aromatic carbocycles. The number of aromatic amines is 1. The summed E-state index contributed by atoms with van der Waals surface area (Å²) in [6.45, 7) is 5.96. The van der Waals surface area contributed by atoms with Gasteiger partial charge in [0.15, 0.2) is 0 Å². The fraction of sp³-hybridized carbons (Fsp3) is 0.522. The first-order valence-corrected chi connectivity index (χ1v) is 23.6. The average Bonchev–Trinajstić information content (AvgIpc) is 3.71. The Hall–Kier alpha value is -5.13. The van der Waals surface area contributed by atoms with Crippen molar-refractivity contribution in [1.82, 2.24) is 19.6 Å². The van der Waals surface area contributed by atoms with E-state index in [4.69, 9.17) is 4.74 Å². The van der Waals surface area contributed by atoms with Gasteiger partial charge in [0, 0.05) is 75.1 Å². The summed E-state index contributed by atoms with van der Waals surface area (Å²) in [6.07, 6.45) is 11.9. The molecule has 2 aromatic heterocycles. The number of hydrogen-bond acceptors (Lipinski definition) is 11. The van der Waals surface area contributed by atoms with Crippen LogP contribution in [0.4, 0.5) is 25.8 Å². The maximum atomic E-state index is 13.9. The molecule has 0 atom stereocenters. The van der Waals surface area contributed by atoms with Crippen LogP contribution in [-0.2, 0) is 10.0 Å². The van der Waals surface area contributed by atoms with E-state index in [2.05, 4.69) is 29.8 Å². The Bertz CT molecular complexity index is 2450. The minimum absolute atomic E-state index is 0.0631. The number of carbonyl (C=O) groups excluding carboxylic acids is 1. The molecule has 17 heteroatoms. The van der Waals surface area contributed by atoms with Gasteiger partial charge in [-0.25, -0.2) is 26.9 Å². The van der Waals surface area contributed by atoms with Crippen molar-refractivity contribution in [3.05, 3.63) is 87.7 Å². The topological polar surface area (TPSA) is 183 Å². The van der Waals surface area contributed by atoms with Crippen LogP contribution in [0.25, 0.3) is 11.0 Å². The van der Waals surface area contributed by atoms with E-state index < -0.39 is 43.5 Å². The molecule has 1 amide bonds. The minimum Gasteiger partial charge on any atom is -0.455 e. The molecule has 4 N–H and O–H groups in total. The molecule has 1 aliphatic heterocycles. The van der Waals surface area contributed by atoms with Gasteiger partial charge in [-0.05, 0) is 125 Å². The zero-order valence-corrected chi connectivity index (χ0v) is 36.5. The minimum atomic E-state index is -4.59. The van der Waals surface area contributed by atoms with Crippen LogP contribution in [0.15, 0.2) is 77.0 Å². The van der Waals surface area contributed by atoms with Crippen molar-refractivity contribution in [2.75, 3.05) is 49.5 Å². The summed E-state index contributed by atoms with van der Waals surface area (Å²) < 4.78 is 61.9. The van der Waals surface area contributed by atoms with Gasteiger partial charge in [-0.15, -0.1) is 0 Å². The van der Waals surface area contributed by atoms with E-state index in [1.807, 2.05) is 6.07 Å². The van der Waals surface area contributed by atoms with Crippen LogP contribution in [0.5, 0.6) is 11.5 Å². The highest BCUT2D eigenvalue weighted by molar-refractivity contribution is 7.90. The Morgan fingerprint density at radius 1 is 1.05 bits per heavy atom. The number of benzene rings is 2. The number of hydrogen-bond donors (Lipinski definition) is 4. The van der Waals surface area contributed by atoms with Gasteiger partial charge >= 0.3 is 0 Å². The Morgan fingerprint density at radius 2 is 1.83 bits per heavy atom. The van der Waals surface area contributed by atoms with Crippen LogP contribution >= 0.6 is 0 Å². The molecule has 1 saturated heterocycles. The Kier molecular flexibility index (Phi) is 13.1. The van der Waals surface area contributed by atoms with Crippen LogP contribution in [0.3, 0.4) is 0 Å². The first-order valence-electron chi connectivity index (χ1n) is 22.2. The first-order chi connectivity index (χ1) is 30.1. The van der Waals surface area contributed by atoms with Crippen LogP contribution in [0.2, 0.25) is 0 Å². The Morgan fingerprint density at radius 3 is 2.54 bits per heavy atom. The number of aromatic nitrogens is 2. The number of nitro groups is 1. The number of halogens is 2. The maximum absolute atomic E-state index is 13.9. The number of anilines is 2. The second-order valence-electron chi connectivity index (χ2n) is 18.3. The molecule has 1 spiro atoms. The van der Waals surface area contributed by atoms with E-state index in [1.165, 1.54) is 61.2 Å². The number of fused-ring (bicyclic) bond motifs is 1. The fourth-order valence-corrected chi connectivity index (χ4v) is 10.8. The van der Waals surface area contributed by atoms with Crippen molar-refractivity contribution in [3.63, 3.8) is 0 Å². The summed E-state index contributed by atoms with van der Waals surface area (Å²) in [7, 11) is -4.59. The van der Waals surface area contributed by atoms with Gasteiger partial charge in [-0.2, -0.15) is 0 Å². The molecule has 4 aliphatic rings. The third-order valence-electron chi connectivity index (χ3n) is 13.8. The number of nitrogens with one attached hydrogen (secondary N) is 3. The van der Waals surface area contributed by atoms with Gasteiger partial charge in [-0.1, -0.05) is 17.6 Å². The molecule has 63 heavy (non-hydrogen) atoms.